The number of benzene rings is 2. The smallest absolute Gasteiger partial charge is 0.350 e. The molecule has 1 saturated heterocycles. The topological polar surface area (TPSA) is 105 Å². The Balaban J connectivity index is 1.55. The molecule has 174 valence electrons. The van der Waals surface area contributed by atoms with E-state index in [0.717, 1.165) is 15.3 Å². The number of imide groups is 1. The number of thiophene rings is 1. The number of ether oxygens (including phenoxy) is 1. The number of esters is 1. The second-order valence-electron chi connectivity index (χ2n) is 7.80. The number of hydrogen-bond donors (Lipinski definition) is 2. The van der Waals surface area contributed by atoms with Crippen molar-refractivity contribution in [1.82, 2.24) is 10.2 Å². The molecule has 0 spiro atoms. The van der Waals surface area contributed by atoms with Crippen LogP contribution >= 0.6 is 11.3 Å². The van der Waals surface area contributed by atoms with E-state index in [1.807, 2.05) is 36.4 Å². The fourth-order valence-electron chi connectivity index (χ4n) is 3.72. The number of nitrogens with one attached hydrogen (secondary N) is 2. The maximum atomic E-state index is 13.1. The molecule has 0 aliphatic carbocycles. The van der Waals surface area contributed by atoms with Gasteiger partial charge >= 0.3 is 12.0 Å². The highest BCUT2D eigenvalue weighted by Gasteiger charge is 2.49. The molecule has 1 atom stereocenters. The van der Waals surface area contributed by atoms with Crippen molar-refractivity contribution >= 4 is 40.8 Å². The van der Waals surface area contributed by atoms with E-state index in [0.29, 0.717) is 5.56 Å². The van der Waals surface area contributed by atoms with Crippen LogP contribution in [0.3, 0.4) is 0 Å². The third-order valence-corrected chi connectivity index (χ3v) is 6.62. The van der Waals surface area contributed by atoms with E-state index in [1.165, 1.54) is 11.3 Å². The highest BCUT2D eigenvalue weighted by atomic mass is 32.1. The molecule has 1 aromatic heterocycles. The van der Waals surface area contributed by atoms with Gasteiger partial charge in [-0.2, -0.15) is 0 Å². The second-order valence-corrected chi connectivity index (χ2v) is 8.85. The predicted octanol–water partition coefficient (Wildman–Crippen LogP) is 4.00. The van der Waals surface area contributed by atoms with Crippen LogP contribution in [0.1, 0.15) is 29.1 Å². The highest BCUT2D eigenvalue weighted by Crippen LogP contribution is 2.35. The van der Waals surface area contributed by atoms with Gasteiger partial charge < -0.3 is 15.4 Å². The largest absolute Gasteiger partial charge is 0.462 e. The lowest BCUT2D eigenvalue weighted by Gasteiger charge is -2.22. The number of urea groups is 1. The standard InChI is InChI=1S/C25H23N3O5S/c1-3-33-22(30)21-18(14-19(34-21)16-10-6-4-7-11-16)26-20(29)15-28-23(31)25(2,27-24(28)32)17-12-8-5-9-13-17/h4-14H,3,15H2,1-2H3,(H,26,29)(H,27,32). The van der Waals surface area contributed by atoms with Crippen molar-refractivity contribution < 1.29 is 23.9 Å². The Morgan fingerprint density at radius 1 is 1.06 bits per heavy atom. The molecular weight excluding hydrogens is 454 g/mol. The van der Waals surface area contributed by atoms with Crippen LogP contribution in [0.25, 0.3) is 10.4 Å². The van der Waals surface area contributed by atoms with Gasteiger partial charge in [0.1, 0.15) is 17.0 Å². The van der Waals surface area contributed by atoms with E-state index in [4.69, 9.17) is 4.74 Å². The van der Waals surface area contributed by atoms with Gasteiger partial charge in [0.2, 0.25) is 5.91 Å². The monoisotopic (exact) mass is 477 g/mol. The molecule has 1 fully saturated rings. The average molecular weight is 478 g/mol. The van der Waals surface area contributed by atoms with Gasteiger partial charge in [-0.05, 0) is 31.0 Å². The van der Waals surface area contributed by atoms with Crippen molar-refractivity contribution in [2.75, 3.05) is 18.5 Å². The summed E-state index contributed by atoms with van der Waals surface area (Å²) in [5, 5.41) is 5.34. The number of amides is 4. The molecule has 4 rings (SSSR count). The quantitative estimate of drug-likeness (QED) is 0.395. The third kappa shape index (κ3) is 4.42. The van der Waals surface area contributed by atoms with Crippen molar-refractivity contribution in [2.24, 2.45) is 0 Å². The lowest BCUT2D eigenvalue weighted by atomic mass is 9.92. The van der Waals surface area contributed by atoms with E-state index >= 15 is 0 Å². The van der Waals surface area contributed by atoms with Crippen molar-refractivity contribution in [3.8, 4) is 10.4 Å². The first kappa shape index (κ1) is 23.2. The first-order valence-corrected chi connectivity index (χ1v) is 11.5. The van der Waals surface area contributed by atoms with Gasteiger partial charge in [0.15, 0.2) is 0 Å². The molecule has 0 bridgehead atoms. The van der Waals surface area contributed by atoms with Crippen LogP contribution in [-0.2, 0) is 19.9 Å². The van der Waals surface area contributed by atoms with Gasteiger partial charge in [0.05, 0.1) is 12.3 Å². The molecule has 0 saturated carbocycles. The van der Waals surface area contributed by atoms with Crippen LogP contribution in [0.15, 0.2) is 66.7 Å². The minimum absolute atomic E-state index is 0.186. The van der Waals surface area contributed by atoms with Crippen LogP contribution < -0.4 is 10.6 Å². The summed E-state index contributed by atoms with van der Waals surface area (Å²) in [5.41, 5.74) is 0.500. The van der Waals surface area contributed by atoms with E-state index in [1.54, 1.807) is 44.2 Å². The molecule has 34 heavy (non-hydrogen) atoms. The van der Waals surface area contributed by atoms with Gasteiger partial charge in [-0.15, -0.1) is 11.3 Å². The molecule has 1 aliphatic heterocycles. The molecule has 2 aromatic carbocycles. The zero-order chi connectivity index (χ0) is 24.3. The third-order valence-electron chi connectivity index (χ3n) is 5.45. The molecule has 9 heteroatoms. The molecule has 0 radical (unpaired) electrons. The number of carbonyl (C=O) groups excluding carboxylic acids is 4. The summed E-state index contributed by atoms with van der Waals surface area (Å²) in [5.74, 6) is -1.69. The number of anilines is 1. The Labute approximate surface area is 200 Å². The van der Waals surface area contributed by atoms with Crippen LogP contribution in [0.2, 0.25) is 0 Å². The Hall–Kier alpha value is -3.98. The normalized spacial score (nSPS) is 17.4. The number of nitrogens with zero attached hydrogens (tertiary/aromatic N) is 1. The van der Waals surface area contributed by atoms with Crippen LogP contribution in [0.4, 0.5) is 10.5 Å². The Morgan fingerprint density at radius 3 is 2.35 bits per heavy atom. The van der Waals surface area contributed by atoms with Gasteiger partial charge in [0, 0.05) is 4.88 Å². The molecule has 8 nitrogen and oxygen atoms in total. The number of carbonyl (C=O) groups is 4. The molecule has 2 N–H and O–H groups in total. The first-order valence-electron chi connectivity index (χ1n) is 10.7. The van der Waals surface area contributed by atoms with E-state index < -0.39 is 35.9 Å². The molecule has 3 aromatic rings. The molecule has 1 unspecified atom stereocenters. The minimum atomic E-state index is -1.27. The molecule has 2 heterocycles. The summed E-state index contributed by atoms with van der Waals surface area (Å²) >= 11 is 1.19. The lowest BCUT2D eigenvalue weighted by Crippen LogP contribution is -2.42. The minimum Gasteiger partial charge on any atom is -0.462 e. The maximum absolute atomic E-state index is 13.1. The van der Waals surface area contributed by atoms with Crippen LogP contribution in [-0.4, -0.2) is 41.9 Å². The summed E-state index contributed by atoms with van der Waals surface area (Å²) < 4.78 is 5.13. The first-order chi connectivity index (χ1) is 16.3. The Morgan fingerprint density at radius 2 is 1.71 bits per heavy atom. The second kappa shape index (κ2) is 9.48. The highest BCUT2D eigenvalue weighted by molar-refractivity contribution is 7.18. The van der Waals surface area contributed by atoms with E-state index in [-0.39, 0.29) is 17.2 Å². The summed E-state index contributed by atoms with van der Waals surface area (Å²) in [6.07, 6.45) is 0. The summed E-state index contributed by atoms with van der Waals surface area (Å²) in [4.78, 5) is 52.8. The molecular formula is C25H23N3O5S. The summed E-state index contributed by atoms with van der Waals surface area (Å²) in [6.45, 7) is 2.99. The predicted molar refractivity (Wildman–Crippen MR) is 128 cm³/mol. The zero-order valence-electron chi connectivity index (χ0n) is 18.7. The number of rotatable bonds is 7. The van der Waals surface area contributed by atoms with Gasteiger partial charge in [-0.3, -0.25) is 14.5 Å². The molecule has 4 amide bonds. The fourth-order valence-corrected chi connectivity index (χ4v) is 4.73. The summed E-state index contributed by atoms with van der Waals surface area (Å²) in [7, 11) is 0. The fraction of sp³-hybridized carbons (Fsp3) is 0.200. The Kier molecular flexibility index (Phi) is 6.47. The van der Waals surface area contributed by atoms with Gasteiger partial charge in [0.25, 0.3) is 5.91 Å². The van der Waals surface area contributed by atoms with Crippen molar-refractivity contribution in [3.63, 3.8) is 0 Å². The average Bonchev–Trinajstić information content (AvgIpc) is 3.35. The van der Waals surface area contributed by atoms with Crippen molar-refractivity contribution in [1.29, 1.82) is 0 Å². The molecule has 1 aliphatic rings. The van der Waals surface area contributed by atoms with Gasteiger partial charge in [-0.25, -0.2) is 9.59 Å². The van der Waals surface area contributed by atoms with E-state index in [2.05, 4.69) is 10.6 Å². The van der Waals surface area contributed by atoms with Crippen molar-refractivity contribution in [2.45, 2.75) is 19.4 Å². The Bertz CT molecular complexity index is 1240. The summed E-state index contributed by atoms with van der Waals surface area (Å²) in [6, 6.07) is 19.3. The maximum Gasteiger partial charge on any atom is 0.350 e. The lowest BCUT2D eigenvalue weighted by molar-refractivity contribution is -0.133. The van der Waals surface area contributed by atoms with E-state index in [9.17, 15) is 19.2 Å². The zero-order valence-corrected chi connectivity index (χ0v) is 19.5. The van der Waals surface area contributed by atoms with Gasteiger partial charge in [-0.1, -0.05) is 60.7 Å². The van der Waals surface area contributed by atoms with Crippen molar-refractivity contribution in [3.05, 3.63) is 77.2 Å². The van der Waals surface area contributed by atoms with Crippen LogP contribution in [0, 0.1) is 0 Å². The van der Waals surface area contributed by atoms with Crippen LogP contribution in [0.5, 0.6) is 0 Å². The SMILES string of the molecule is CCOC(=O)c1sc(-c2ccccc2)cc1NC(=O)CN1C(=O)NC(C)(c2ccccc2)C1=O. The number of hydrogen-bond acceptors (Lipinski definition) is 6.